The summed E-state index contributed by atoms with van der Waals surface area (Å²) >= 11 is 0. The number of fused-ring (bicyclic) bond motifs is 1. The first kappa shape index (κ1) is 17.2. The van der Waals surface area contributed by atoms with Crippen molar-refractivity contribution in [2.45, 2.75) is 25.4 Å². The molecule has 3 heterocycles. The summed E-state index contributed by atoms with van der Waals surface area (Å²) in [6.45, 7) is 0.132. The second kappa shape index (κ2) is 5.12. The van der Waals surface area contributed by atoms with Gasteiger partial charge in [0.1, 0.15) is 0 Å². The van der Waals surface area contributed by atoms with Crippen LogP contribution in [0.25, 0.3) is 10.9 Å². The summed E-state index contributed by atoms with van der Waals surface area (Å²) in [4.78, 5) is 39.4. The number of likely N-dealkylation sites (tertiary alicyclic amines) is 1. The summed E-state index contributed by atoms with van der Waals surface area (Å²) in [5, 5.41) is 8.94. The number of carbonyl (C=O) groups is 3. The van der Waals surface area contributed by atoms with E-state index in [4.69, 9.17) is 0 Å². The molecule has 3 fully saturated rings. The molecule has 0 bridgehead atoms. The molecule has 1 saturated carbocycles. The molecule has 2 unspecified atom stereocenters. The van der Waals surface area contributed by atoms with Gasteiger partial charge in [-0.2, -0.15) is 18.3 Å². The molecule has 5 rings (SSSR count). The molecule has 28 heavy (non-hydrogen) atoms. The monoisotopic (exact) mass is 392 g/mol. The SMILES string of the molecule is O=C(c1n[nH]c2ccc(C(F)(F)F)cc12)N1CC23CCCC2(C1)C(=O)NC3=O. The normalized spacial score (nSPS) is 29.3. The van der Waals surface area contributed by atoms with Gasteiger partial charge in [0.2, 0.25) is 11.8 Å². The number of amides is 3. The summed E-state index contributed by atoms with van der Waals surface area (Å²) in [6, 6.07) is 3.03. The molecule has 2 atom stereocenters. The number of benzene rings is 1. The van der Waals surface area contributed by atoms with E-state index in [9.17, 15) is 27.6 Å². The zero-order valence-corrected chi connectivity index (χ0v) is 14.5. The zero-order valence-electron chi connectivity index (χ0n) is 14.5. The van der Waals surface area contributed by atoms with Gasteiger partial charge in [0.15, 0.2) is 5.69 Å². The lowest BCUT2D eigenvalue weighted by atomic mass is 9.70. The minimum Gasteiger partial charge on any atom is -0.335 e. The van der Waals surface area contributed by atoms with Gasteiger partial charge in [-0.25, -0.2) is 0 Å². The Labute approximate surface area is 156 Å². The molecular weight excluding hydrogens is 377 g/mol. The van der Waals surface area contributed by atoms with Crippen molar-refractivity contribution in [3.63, 3.8) is 0 Å². The van der Waals surface area contributed by atoms with E-state index in [0.29, 0.717) is 18.4 Å². The summed E-state index contributed by atoms with van der Waals surface area (Å²) < 4.78 is 39.1. The predicted molar refractivity (Wildman–Crippen MR) is 88.9 cm³/mol. The largest absolute Gasteiger partial charge is 0.416 e. The Morgan fingerprint density at radius 1 is 1.11 bits per heavy atom. The smallest absolute Gasteiger partial charge is 0.335 e. The van der Waals surface area contributed by atoms with E-state index < -0.39 is 28.5 Å². The fraction of sp³-hybridized carbons (Fsp3) is 0.444. The molecule has 0 spiro atoms. The van der Waals surface area contributed by atoms with Gasteiger partial charge in [-0.05, 0) is 31.0 Å². The molecule has 2 aromatic rings. The number of aromatic nitrogens is 2. The average Bonchev–Trinajstić information content (AvgIpc) is 3.32. The highest BCUT2D eigenvalue weighted by molar-refractivity contribution is 6.12. The van der Waals surface area contributed by atoms with E-state index >= 15 is 0 Å². The standard InChI is InChI=1S/C18H15F3N4O3/c19-18(20,21)9-2-3-11-10(6-9)12(24-23-11)13(26)25-7-16-4-1-5-17(16,8-25)15(28)22-14(16)27/h2-3,6H,1,4-5,7-8H2,(H,23,24)(H,22,27,28). The molecule has 2 aliphatic heterocycles. The second-order valence-corrected chi connectivity index (χ2v) is 7.79. The van der Waals surface area contributed by atoms with Crippen LogP contribution in [0.15, 0.2) is 18.2 Å². The number of hydrogen-bond acceptors (Lipinski definition) is 4. The van der Waals surface area contributed by atoms with E-state index in [2.05, 4.69) is 15.5 Å². The third-order valence-electron chi connectivity index (χ3n) is 6.52. The van der Waals surface area contributed by atoms with Gasteiger partial charge in [0.05, 0.1) is 21.9 Å². The maximum Gasteiger partial charge on any atom is 0.416 e. The van der Waals surface area contributed by atoms with E-state index in [-0.39, 0.29) is 36.0 Å². The molecule has 2 N–H and O–H groups in total. The topological polar surface area (TPSA) is 95.2 Å². The molecule has 1 aliphatic carbocycles. The Morgan fingerprint density at radius 3 is 2.36 bits per heavy atom. The number of rotatable bonds is 1. The highest BCUT2D eigenvalue weighted by Crippen LogP contribution is 2.60. The lowest BCUT2D eigenvalue weighted by Crippen LogP contribution is -2.39. The molecular formula is C18H15F3N4O3. The van der Waals surface area contributed by atoms with Crippen molar-refractivity contribution in [2.75, 3.05) is 13.1 Å². The third-order valence-corrected chi connectivity index (χ3v) is 6.52. The van der Waals surface area contributed by atoms with Crippen molar-refractivity contribution in [3.8, 4) is 0 Å². The van der Waals surface area contributed by atoms with Crippen LogP contribution in [-0.4, -0.2) is 45.9 Å². The number of hydrogen-bond donors (Lipinski definition) is 2. The number of nitrogens with zero attached hydrogens (tertiary/aromatic N) is 2. The van der Waals surface area contributed by atoms with Gasteiger partial charge in [-0.3, -0.25) is 24.8 Å². The zero-order chi connectivity index (χ0) is 19.9. The maximum absolute atomic E-state index is 13.1. The van der Waals surface area contributed by atoms with Crippen molar-refractivity contribution in [2.24, 2.45) is 10.8 Å². The Morgan fingerprint density at radius 2 is 1.75 bits per heavy atom. The van der Waals surface area contributed by atoms with E-state index in [1.54, 1.807) is 0 Å². The highest BCUT2D eigenvalue weighted by Gasteiger charge is 2.72. The minimum absolute atomic E-state index is 0.0628. The molecule has 146 valence electrons. The van der Waals surface area contributed by atoms with E-state index in [1.807, 2.05) is 0 Å². The lowest BCUT2D eigenvalue weighted by molar-refractivity contribution is -0.137. The summed E-state index contributed by atoms with van der Waals surface area (Å²) in [5.41, 5.74) is -2.59. The Kier molecular flexibility index (Phi) is 3.15. The minimum atomic E-state index is -4.55. The van der Waals surface area contributed by atoms with Crippen LogP contribution in [-0.2, 0) is 15.8 Å². The predicted octanol–water partition coefficient (Wildman–Crippen LogP) is 1.85. The summed E-state index contributed by atoms with van der Waals surface area (Å²) in [5.74, 6) is -1.31. The number of nitrogens with one attached hydrogen (secondary N) is 2. The van der Waals surface area contributed by atoms with Crippen molar-refractivity contribution in [1.29, 1.82) is 0 Å². The maximum atomic E-state index is 13.1. The Balaban J connectivity index is 1.54. The lowest BCUT2D eigenvalue weighted by Gasteiger charge is -2.25. The number of carbonyl (C=O) groups excluding carboxylic acids is 3. The third kappa shape index (κ3) is 1.95. The van der Waals surface area contributed by atoms with Crippen LogP contribution in [0.4, 0.5) is 13.2 Å². The average molecular weight is 392 g/mol. The molecule has 0 radical (unpaired) electrons. The number of halogens is 3. The molecule has 3 amide bonds. The van der Waals surface area contributed by atoms with Gasteiger partial charge in [0.25, 0.3) is 5.91 Å². The van der Waals surface area contributed by atoms with Gasteiger partial charge < -0.3 is 4.90 Å². The number of H-pyrrole nitrogens is 1. The van der Waals surface area contributed by atoms with Crippen molar-refractivity contribution >= 4 is 28.6 Å². The van der Waals surface area contributed by atoms with Crippen LogP contribution in [0.2, 0.25) is 0 Å². The molecule has 2 saturated heterocycles. The molecule has 1 aromatic carbocycles. The Bertz CT molecular complexity index is 1030. The van der Waals surface area contributed by atoms with Crippen molar-refractivity contribution < 1.29 is 27.6 Å². The highest BCUT2D eigenvalue weighted by atomic mass is 19.4. The van der Waals surface area contributed by atoms with Crippen molar-refractivity contribution in [3.05, 3.63) is 29.5 Å². The molecule has 7 nitrogen and oxygen atoms in total. The number of aromatic amines is 1. The van der Waals surface area contributed by atoms with Crippen molar-refractivity contribution in [1.82, 2.24) is 20.4 Å². The Hall–Kier alpha value is -2.91. The van der Waals surface area contributed by atoms with Crippen LogP contribution in [0.1, 0.15) is 35.3 Å². The second-order valence-electron chi connectivity index (χ2n) is 7.79. The van der Waals surface area contributed by atoms with Gasteiger partial charge >= 0.3 is 6.18 Å². The number of imide groups is 1. The van der Waals surface area contributed by atoms with E-state index in [0.717, 1.165) is 18.6 Å². The quantitative estimate of drug-likeness (QED) is 0.724. The van der Waals surface area contributed by atoms with Crippen LogP contribution < -0.4 is 5.32 Å². The number of alkyl halides is 3. The molecule has 1 aromatic heterocycles. The molecule has 10 heteroatoms. The van der Waals surface area contributed by atoms with Crippen LogP contribution in [0.5, 0.6) is 0 Å². The fourth-order valence-electron chi connectivity index (χ4n) is 5.13. The first-order chi connectivity index (χ1) is 13.2. The van der Waals surface area contributed by atoms with Crippen LogP contribution in [0.3, 0.4) is 0 Å². The fourth-order valence-corrected chi connectivity index (χ4v) is 5.13. The summed E-state index contributed by atoms with van der Waals surface area (Å²) in [6.07, 6.45) is -2.81. The first-order valence-electron chi connectivity index (χ1n) is 8.88. The van der Waals surface area contributed by atoms with Gasteiger partial charge in [0, 0.05) is 18.5 Å². The summed E-state index contributed by atoms with van der Waals surface area (Å²) in [7, 11) is 0. The van der Waals surface area contributed by atoms with E-state index in [1.165, 1.54) is 11.0 Å². The van der Waals surface area contributed by atoms with Crippen LogP contribution in [0, 0.1) is 10.8 Å². The molecule has 3 aliphatic rings. The van der Waals surface area contributed by atoms with Gasteiger partial charge in [-0.1, -0.05) is 6.42 Å². The van der Waals surface area contributed by atoms with Gasteiger partial charge in [-0.15, -0.1) is 0 Å². The first-order valence-corrected chi connectivity index (χ1v) is 8.88. The van der Waals surface area contributed by atoms with Crippen LogP contribution >= 0.6 is 0 Å².